The fraction of sp³-hybridized carbons (Fsp3) is 0.360. The molecule has 0 spiro atoms. The number of ether oxygens (including phenoxy) is 1. The van der Waals surface area contributed by atoms with Crippen LogP contribution in [0.3, 0.4) is 0 Å². The fourth-order valence-corrected chi connectivity index (χ4v) is 3.96. The Morgan fingerprint density at radius 3 is 2.64 bits per heavy atom. The van der Waals surface area contributed by atoms with Crippen LogP contribution in [0, 0.1) is 11.2 Å². The first-order chi connectivity index (χ1) is 17.2. The Bertz CT molecular complexity index is 1160. The first-order valence-electron chi connectivity index (χ1n) is 11.3. The van der Waals surface area contributed by atoms with E-state index in [0.29, 0.717) is 29.0 Å². The number of hydrogen-bond donors (Lipinski definition) is 4. The van der Waals surface area contributed by atoms with Gasteiger partial charge in [-0.05, 0) is 55.5 Å². The van der Waals surface area contributed by atoms with E-state index in [1.807, 2.05) is 0 Å². The molecule has 192 valence electrons. The lowest BCUT2D eigenvalue weighted by atomic mass is 9.82. The van der Waals surface area contributed by atoms with Crippen LogP contribution in [0.4, 0.5) is 4.39 Å². The molecule has 0 aliphatic heterocycles. The van der Waals surface area contributed by atoms with Crippen LogP contribution in [0.1, 0.15) is 35.8 Å². The Balaban J connectivity index is 1.80. The second-order valence-corrected chi connectivity index (χ2v) is 9.19. The molecule has 36 heavy (non-hydrogen) atoms. The highest BCUT2D eigenvalue weighted by molar-refractivity contribution is 6.30. The number of carboxylic acid groups (broad SMARTS) is 1. The van der Waals surface area contributed by atoms with Crippen LogP contribution in [-0.2, 0) is 16.0 Å². The first-order valence-corrected chi connectivity index (χ1v) is 11.7. The Labute approximate surface area is 212 Å². The summed E-state index contributed by atoms with van der Waals surface area (Å²) in [5.41, 5.74) is 0.572. The van der Waals surface area contributed by atoms with Crippen molar-refractivity contribution in [2.45, 2.75) is 32.2 Å². The molecule has 9 nitrogen and oxygen atoms in total. The third-order valence-electron chi connectivity index (χ3n) is 5.74. The molecule has 0 bridgehead atoms. The number of aliphatic hydroxyl groups excluding tert-OH is 1. The third kappa shape index (κ3) is 7.33. The van der Waals surface area contributed by atoms with Crippen LogP contribution in [0.15, 0.2) is 48.7 Å². The molecule has 0 saturated heterocycles. The van der Waals surface area contributed by atoms with E-state index in [1.54, 1.807) is 37.3 Å². The summed E-state index contributed by atoms with van der Waals surface area (Å²) in [7, 11) is 0. The second kappa shape index (κ2) is 12.6. The smallest absolute Gasteiger partial charge is 0.311 e. The molecule has 2 aromatic carbocycles. The summed E-state index contributed by atoms with van der Waals surface area (Å²) in [5, 5.41) is 31.9. The van der Waals surface area contributed by atoms with Crippen molar-refractivity contribution >= 4 is 23.5 Å². The van der Waals surface area contributed by atoms with Crippen LogP contribution < -0.4 is 5.32 Å². The van der Waals surface area contributed by atoms with Gasteiger partial charge in [0.2, 0.25) is 0 Å². The maximum absolute atomic E-state index is 14.3. The number of aliphatic hydroxyl groups is 1. The van der Waals surface area contributed by atoms with Gasteiger partial charge in [-0.1, -0.05) is 35.9 Å². The number of carbonyl (C=O) groups is 2. The minimum atomic E-state index is -1.30. The van der Waals surface area contributed by atoms with Gasteiger partial charge in [0.15, 0.2) is 5.69 Å². The molecule has 11 heteroatoms. The molecule has 0 saturated carbocycles. The van der Waals surface area contributed by atoms with Crippen molar-refractivity contribution in [3.05, 3.63) is 70.8 Å². The van der Waals surface area contributed by atoms with E-state index >= 15 is 0 Å². The summed E-state index contributed by atoms with van der Waals surface area (Å²) >= 11 is 6.01. The number of nitrogens with zero attached hydrogens (tertiary/aromatic N) is 2. The molecule has 0 aliphatic carbocycles. The Kier molecular flexibility index (Phi) is 9.51. The van der Waals surface area contributed by atoms with Gasteiger partial charge in [0, 0.05) is 29.8 Å². The van der Waals surface area contributed by atoms with E-state index < -0.39 is 29.2 Å². The lowest BCUT2D eigenvalue weighted by Crippen LogP contribution is -2.44. The monoisotopic (exact) mass is 518 g/mol. The summed E-state index contributed by atoms with van der Waals surface area (Å²) in [6.07, 6.45) is 2.04. The molecule has 1 aromatic heterocycles. The van der Waals surface area contributed by atoms with Crippen molar-refractivity contribution in [3.63, 3.8) is 0 Å². The van der Waals surface area contributed by atoms with Gasteiger partial charge in [-0.25, -0.2) is 4.39 Å². The molecule has 0 radical (unpaired) electrons. The number of H-pyrrole nitrogens is 1. The fourth-order valence-electron chi connectivity index (χ4n) is 3.78. The van der Waals surface area contributed by atoms with Crippen LogP contribution >= 0.6 is 11.6 Å². The average Bonchev–Trinajstić information content (AvgIpc) is 3.39. The summed E-state index contributed by atoms with van der Waals surface area (Å²) < 4.78 is 19.7. The number of benzene rings is 2. The van der Waals surface area contributed by atoms with Gasteiger partial charge in [-0.15, -0.1) is 0 Å². The largest absolute Gasteiger partial charge is 0.481 e. The molecule has 1 amide bonds. The van der Waals surface area contributed by atoms with Crippen LogP contribution in [0.5, 0.6) is 0 Å². The molecule has 1 heterocycles. The van der Waals surface area contributed by atoms with Crippen LogP contribution in [0.25, 0.3) is 11.1 Å². The molecular formula is C25H28ClFN4O5. The van der Waals surface area contributed by atoms with Crippen LogP contribution in [0.2, 0.25) is 5.02 Å². The highest BCUT2D eigenvalue weighted by atomic mass is 35.5. The molecular weight excluding hydrogens is 491 g/mol. The standard InChI is InChI=1S/C25H28ClFN4O5/c1-25(24(34)35,15-36-10-2-9-32)13-19(29-23(33)22-14-28-31-30-22)11-16-3-5-17(6-4-16)20-12-18(26)7-8-21(20)27/h3-8,12,14,19,32H,2,9-11,13,15H2,1H3,(H,29,33)(H,34,35)(H,28,30,31). The van der Waals surface area contributed by atoms with E-state index in [1.165, 1.54) is 18.3 Å². The van der Waals surface area contributed by atoms with Gasteiger partial charge in [-0.3, -0.25) is 9.59 Å². The predicted octanol–water partition coefficient (Wildman–Crippen LogP) is 3.49. The molecule has 3 aromatic rings. The SMILES string of the molecule is CC(COCCCO)(CC(Cc1ccc(-c2cc(Cl)ccc2F)cc1)NC(=O)c1cn[nH]n1)C(=O)O. The average molecular weight is 519 g/mol. The number of rotatable bonds is 13. The van der Waals surface area contributed by atoms with Crippen molar-refractivity contribution in [2.24, 2.45) is 5.41 Å². The van der Waals surface area contributed by atoms with Gasteiger partial charge in [0.05, 0.1) is 18.2 Å². The third-order valence-corrected chi connectivity index (χ3v) is 5.97. The predicted molar refractivity (Wildman–Crippen MR) is 131 cm³/mol. The minimum absolute atomic E-state index is 0.0603. The van der Waals surface area contributed by atoms with Gasteiger partial charge < -0.3 is 20.3 Å². The number of aromatic amines is 1. The molecule has 0 aliphatic rings. The zero-order valence-electron chi connectivity index (χ0n) is 19.7. The maximum atomic E-state index is 14.3. The summed E-state index contributed by atoms with van der Waals surface area (Å²) in [5.74, 6) is -1.97. The Hall–Kier alpha value is -3.34. The number of nitrogens with one attached hydrogen (secondary N) is 2. The number of amides is 1. The van der Waals surface area contributed by atoms with E-state index in [9.17, 15) is 19.1 Å². The molecule has 2 atom stereocenters. The van der Waals surface area contributed by atoms with Crippen molar-refractivity contribution in [2.75, 3.05) is 19.8 Å². The van der Waals surface area contributed by atoms with E-state index in [0.717, 1.165) is 5.56 Å². The molecule has 2 unspecified atom stereocenters. The Morgan fingerprint density at radius 1 is 1.25 bits per heavy atom. The molecule has 4 N–H and O–H groups in total. The van der Waals surface area contributed by atoms with Crippen molar-refractivity contribution < 1.29 is 28.9 Å². The normalized spacial score (nSPS) is 13.7. The lowest BCUT2D eigenvalue weighted by molar-refractivity contribution is -0.152. The molecule has 3 rings (SSSR count). The summed E-state index contributed by atoms with van der Waals surface area (Å²) in [6, 6.07) is 10.8. The van der Waals surface area contributed by atoms with Gasteiger partial charge in [0.1, 0.15) is 5.82 Å². The van der Waals surface area contributed by atoms with Gasteiger partial charge >= 0.3 is 5.97 Å². The number of aliphatic carboxylic acids is 1. The first kappa shape index (κ1) is 27.3. The highest BCUT2D eigenvalue weighted by Crippen LogP contribution is 2.29. The number of carbonyl (C=O) groups excluding carboxylic acids is 1. The number of hydrogen-bond acceptors (Lipinski definition) is 6. The Morgan fingerprint density at radius 2 is 2.00 bits per heavy atom. The van der Waals surface area contributed by atoms with Gasteiger partial charge in [0.25, 0.3) is 5.91 Å². The topological polar surface area (TPSA) is 137 Å². The molecule has 0 fully saturated rings. The zero-order chi connectivity index (χ0) is 26.1. The van der Waals surface area contributed by atoms with E-state index in [-0.39, 0.29) is 31.9 Å². The van der Waals surface area contributed by atoms with Crippen molar-refractivity contribution in [1.82, 2.24) is 20.7 Å². The van der Waals surface area contributed by atoms with E-state index in [4.69, 9.17) is 21.4 Å². The zero-order valence-corrected chi connectivity index (χ0v) is 20.5. The summed E-state index contributed by atoms with van der Waals surface area (Å²) in [6.45, 7) is 1.62. The quantitative estimate of drug-likeness (QED) is 0.254. The number of carboxylic acids is 1. The van der Waals surface area contributed by atoms with E-state index in [2.05, 4.69) is 20.7 Å². The van der Waals surface area contributed by atoms with Crippen LogP contribution in [-0.4, -0.2) is 63.4 Å². The van der Waals surface area contributed by atoms with Crippen molar-refractivity contribution in [1.29, 1.82) is 0 Å². The van der Waals surface area contributed by atoms with Gasteiger partial charge in [-0.2, -0.15) is 15.4 Å². The number of halogens is 2. The minimum Gasteiger partial charge on any atom is -0.481 e. The lowest BCUT2D eigenvalue weighted by Gasteiger charge is -2.30. The summed E-state index contributed by atoms with van der Waals surface area (Å²) in [4.78, 5) is 24.8. The highest BCUT2D eigenvalue weighted by Gasteiger charge is 2.37. The second-order valence-electron chi connectivity index (χ2n) is 8.75. The maximum Gasteiger partial charge on any atom is 0.311 e. The number of aromatic nitrogens is 3. The van der Waals surface area contributed by atoms with Crippen molar-refractivity contribution in [3.8, 4) is 11.1 Å².